The predicted molar refractivity (Wildman–Crippen MR) is 44.9 cm³/mol. The van der Waals surface area contributed by atoms with E-state index in [-0.39, 0.29) is 12.2 Å². The van der Waals surface area contributed by atoms with Gasteiger partial charge in [0.1, 0.15) is 5.76 Å². The van der Waals surface area contributed by atoms with E-state index in [4.69, 9.17) is 5.26 Å². The summed E-state index contributed by atoms with van der Waals surface area (Å²) in [7, 11) is 1.13. The lowest BCUT2D eigenvalue weighted by atomic mass is 10.2. The number of methoxy groups -OCH3 is 1. The highest BCUT2D eigenvalue weighted by molar-refractivity contribution is 5.86. The maximum Gasteiger partial charge on any atom is 0.381 e. The molecule has 0 atom stereocenters. The van der Waals surface area contributed by atoms with Gasteiger partial charge in [-0.25, -0.2) is 10.1 Å². The first-order valence-corrected chi connectivity index (χ1v) is 3.99. The van der Waals surface area contributed by atoms with E-state index < -0.39 is 11.7 Å². The van der Waals surface area contributed by atoms with Crippen LogP contribution in [0.1, 0.15) is 26.2 Å². The molecular formula is C8H14O5. The van der Waals surface area contributed by atoms with E-state index in [0.29, 0.717) is 6.42 Å². The minimum Gasteiger partial charge on any atom is -0.508 e. The highest BCUT2D eigenvalue weighted by Gasteiger charge is 2.17. The van der Waals surface area contributed by atoms with E-state index in [2.05, 4.69) is 9.62 Å². The molecule has 13 heavy (non-hydrogen) atoms. The average Bonchev–Trinajstić information content (AvgIpc) is 2.15. The fraction of sp³-hybridized carbons (Fsp3) is 0.625. The van der Waals surface area contributed by atoms with E-state index in [0.717, 1.165) is 13.5 Å². The minimum absolute atomic E-state index is 0.279. The topological polar surface area (TPSA) is 76.0 Å². The van der Waals surface area contributed by atoms with Crippen LogP contribution in [0.3, 0.4) is 0 Å². The molecule has 0 spiro atoms. The summed E-state index contributed by atoms with van der Waals surface area (Å²) in [6.07, 6.45) is 1.85. The van der Waals surface area contributed by atoms with Crippen LogP contribution < -0.4 is 0 Å². The normalized spacial score (nSPS) is 11.9. The fourth-order valence-electron chi connectivity index (χ4n) is 0.758. The van der Waals surface area contributed by atoms with E-state index in [9.17, 15) is 9.90 Å². The van der Waals surface area contributed by atoms with Gasteiger partial charge in [0.05, 0.1) is 7.11 Å². The van der Waals surface area contributed by atoms with Crippen molar-refractivity contribution in [1.82, 2.24) is 0 Å². The molecule has 0 radical (unpaired) electrons. The van der Waals surface area contributed by atoms with Crippen molar-refractivity contribution >= 4 is 5.97 Å². The summed E-state index contributed by atoms with van der Waals surface area (Å²) < 4.78 is 4.26. The maximum absolute atomic E-state index is 10.8. The molecule has 5 heteroatoms. The van der Waals surface area contributed by atoms with Gasteiger partial charge in [-0.1, -0.05) is 13.3 Å². The highest BCUT2D eigenvalue weighted by atomic mass is 17.1. The average molecular weight is 190 g/mol. The fourth-order valence-corrected chi connectivity index (χ4v) is 0.758. The zero-order valence-electron chi connectivity index (χ0n) is 7.74. The van der Waals surface area contributed by atoms with Crippen LogP contribution in [-0.4, -0.2) is 23.4 Å². The van der Waals surface area contributed by atoms with Crippen molar-refractivity contribution in [2.45, 2.75) is 26.2 Å². The van der Waals surface area contributed by atoms with Gasteiger partial charge >= 0.3 is 5.97 Å². The van der Waals surface area contributed by atoms with Crippen molar-refractivity contribution in [3.63, 3.8) is 0 Å². The van der Waals surface area contributed by atoms with Gasteiger partial charge in [-0.15, -0.1) is 0 Å². The summed E-state index contributed by atoms with van der Waals surface area (Å²) >= 11 is 0. The number of carbonyl (C=O) groups excluding carboxylic acids is 1. The Labute approximate surface area is 76.5 Å². The Bertz CT molecular complexity index is 197. The van der Waals surface area contributed by atoms with E-state index in [1.807, 2.05) is 6.92 Å². The van der Waals surface area contributed by atoms with Crippen LogP contribution in [-0.2, 0) is 14.4 Å². The van der Waals surface area contributed by atoms with Crippen LogP contribution >= 0.6 is 0 Å². The van der Waals surface area contributed by atoms with Crippen molar-refractivity contribution in [2.24, 2.45) is 0 Å². The molecule has 0 bridgehead atoms. The lowest BCUT2D eigenvalue weighted by molar-refractivity contribution is -0.214. The second kappa shape index (κ2) is 6.30. The van der Waals surface area contributed by atoms with E-state index >= 15 is 0 Å². The number of carbonyl (C=O) groups is 1. The Morgan fingerprint density at radius 2 is 2.08 bits per heavy atom. The van der Waals surface area contributed by atoms with Gasteiger partial charge in [-0.05, 0) is 6.42 Å². The molecule has 0 aromatic carbocycles. The first kappa shape index (κ1) is 11.8. The van der Waals surface area contributed by atoms with Crippen LogP contribution in [0.2, 0.25) is 0 Å². The Kier molecular flexibility index (Phi) is 5.71. The first-order valence-electron chi connectivity index (χ1n) is 3.99. The lowest BCUT2D eigenvalue weighted by Gasteiger charge is -2.04. The molecule has 0 aliphatic carbocycles. The minimum atomic E-state index is -0.892. The highest BCUT2D eigenvalue weighted by Crippen LogP contribution is 2.11. The molecule has 5 nitrogen and oxygen atoms in total. The number of hydrogen-bond donors (Lipinski definition) is 2. The van der Waals surface area contributed by atoms with Gasteiger partial charge in [0.15, 0.2) is 0 Å². The Balaban J connectivity index is 4.39. The number of unbranched alkanes of at least 4 members (excludes halogenated alkanes) is 1. The molecule has 0 saturated heterocycles. The second-order valence-electron chi connectivity index (χ2n) is 2.46. The van der Waals surface area contributed by atoms with Gasteiger partial charge in [-0.2, -0.15) is 0 Å². The number of aliphatic hydroxyl groups is 1. The SMILES string of the molecule is CCCCC(O)=C(OO)C(=O)OC. The Hall–Kier alpha value is -1.23. The van der Waals surface area contributed by atoms with Gasteiger partial charge in [-0.3, -0.25) is 0 Å². The van der Waals surface area contributed by atoms with Crippen LogP contribution in [0.4, 0.5) is 0 Å². The summed E-state index contributed by atoms with van der Waals surface area (Å²) in [6, 6.07) is 0. The van der Waals surface area contributed by atoms with Gasteiger partial charge < -0.3 is 14.7 Å². The quantitative estimate of drug-likeness (QED) is 0.226. The van der Waals surface area contributed by atoms with Crippen LogP contribution in [0.5, 0.6) is 0 Å². The van der Waals surface area contributed by atoms with Crippen molar-refractivity contribution in [2.75, 3.05) is 7.11 Å². The molecule has 2 N–H and O–H groups in total. The molecule has 0 aromatic heterocycles. The summed E-state index contributed by atoms with van der Waals surface area (Å²) in [4.78, 5) is 14.5. The summed E-state index contributed by atoms with van der Waals surface area (Å²) in [5, 5.41) is 17.5. The third-order valence-corrected chi connectivity index (χ3v) is 1.49. The molecule has 0 fully saturated rings. The number of esters is 1. The summed E-state index contributed by atoms with van der Waals surface area (Å²) in [5.41, 5.74) is 0. The van der Waals surface area contributed by atoms with Crippen LogP contribution in [0.25, 0.3) is 0 Å². The zero-order chi connectivity index (χ0) is 10.3. The molecule has 0 rings (SSSR count). The number of hydrogen-bond acceptors (Lipinski definition) is 5. The number of ether oxygens (including phenoxy) is 1. The standard InChI is InChI=1S/C8H14O5/c1-3-4-5-6(9)7(13-11)8(10)12-2/h9,11H,3-5H2,1-2H3. The van der Waals surface area contributed by atoms with Gasteiger partial charge in [0.25, 0.3) is 5.76 Å². The largest absolute Gasteiger partial charge is 0.508 e. The number of allylic oxidation sites excluding steroid dienone is 1. The van der Waals surface area contributed by atoms with E-state index in [1.165, 1.54) is 0 Å². The summed E-state index contributed by atoms with van der Waals surface area (Å²) in [5.74, 6) is -1.73. The molecule has 0 aromatic rings. The molecule has 0 aliphatic rings. The van der Waals surface area contributed by atoms with E-state index in [1.54, 1.807) is 0 Å². The molecule has 0 unspecified atom stereocenters. The molecular weight excluding hydrogens is 176 g/mol. The lowest BCUT2D eigenvalue weighted by Crippen LogP contribution is -2.10. The molecule has 0 amide bonds. The second-order valence-corrected chi connectivity index (χ2v) is 2.46. The van der Waals surface area contributed by atoms with Crippen molar-refractivity contribution in [3.05, 3.63) is 11.5 Å². The predicted octanol–water partition coefficient (Wildman–Crippen LogP) is 1.61. The molecule has 0 heterocycles. The van der Waals surface area contributed by atoms with Crippen molar-refractivity contribution in [1.29, 1.82) is 0 Å². The smallest absolute Gasteiger partial charge is 0.381 e. The Morgan fingerprint density at radius 3 is 2.46 bits per heavy atom. The van der Waals surface area contributed by atoms with Crippen molar-refractivity contribution < 1.29 is 24.8 Å². The third-order valence-electron chi connectivity index (χ3n) is 1.49. The summed E-state index contributed by atoms with van der Waals surface area (Å²) in [6.45, 7) is 1.94. The van der Waals surface area contributed by atoms with Gasteiger partial charge in [0.2, 0.25) is 0 Å². The molecule has 76 valence electrons. The zero-order valence-corrected chi connectivity index (χ0v) is 7.74. The van der Waals surface area contributed by atoms with Crippen LogP contribution in [0, 0.1) is 0 Å². The Morgan fingerprint density at radius 1 is 1.46 bits per heavy atom. The van der Waals surface area contributed by atoms with Crippen LogP contribution in [0.15, 0.2) is 11.5 Å². The first-order chi connectivity index (χ1) is 6.17. The monoisotopic (exact) mass is 190 g/mol. The molecule has 0 aliphatic heterocycles. The van der Waals surface area contributed by atoms with Gasteiger partial charge in [0, 0.05) is 6.42 Å². The maximum atomic E-state index is 10.8. The third kappa shape index (κ3) is 3.80. The van der Waals surface area contributed by atoms with Crippen molar-refractivity contribution in [3.8, 4) is 0 Å². The molecule has 0 saturated carbocycles. The number of rotatable bonds is 5. The number of aliphatic hydroxyl groups excluding tert-OH is 1.